The van der Waals surface area contributed by atoms with Gasteiger partial charge in [0.2, 0.25) is 0 Å². The number of anilines is 6. The van der Waals surface area contributed by atoms with Crippen molar-refractivity contribution in [1.29, 1.82) is 0 Å². The first-order chi connectivity index (χ1) is 41.1. The lowest BCUT2D eigenvalue weighted by Crippen LogP contribution is -2.17. The van der Waals surface area contributed by atoms with E-state index in [4.69, 9.17) is 8.83 Å². The van der Waals surface area contributed by atoms with Gasteiger partial charge in [-0.2, -0.15) is 0 Å². The Kier molecular flexibility index (Phi) is 11.1. The number of furan rings is 2. The molecule has 12 aromatic carbocycles. The molecule has 412 valence electrons. The van der Waals surface area contributed by atoms with E-state index in [2.05, 4.69) is 297 Å². The van der Waals surface area contributed by atoms with Gasteiger partial charge in [0.05, 0.1) is 11.4 Å². The van der Waals surface area contributed by atoms with Gasteiger partial charge in [0.15, 0.2) is 11.2 Å². The predicted octanol–water partition coefficient (Wildman–Crippen LogP) is 23.4. The zero-order chi connectivity index (χ0) is 57.8. The van der Waals surface area contributed by atoms with Crippen LogP contribution in [0.5, 0.6) is 0 Å². The summed E-state index contributed by atoms with van der Waals surface area (Å²) in [6.07, 6.45) is 0. The number of rotatable bonds is 8. The first kappa shape index (κ1) is 51.0. The van der Waals surface area contributed by atoms with Gasteiger partial charge in [-0.15, -0.1) is 0 Å². The summed E-state index contributed by atoms with van der Waals surface area (Å²) in [6, 6.07) is 85.9. The summed E-state index contributed by atoms with van der Waals surface area (Å²) in [7, 11) is 0. The number of hydrogen-bond acceptors (Lipinski definition) is 4. The number of nitrogens with zero attached hydrogens (tertiary/aromatic N) is 2. The van der Waals surface area contributed by atoms with E-state index >= 15 is 0 Å². The van der Waals surface area contributed by atoms with Crippen molar-refractivity contribution in [2.75, 3.05) is 9.80 Å². The minimum atomic E-state index is -0.273. The normalized spacial score (nSPS) is 14.0. The van der Waals surface area contributed by atoms with E-state index in [-0.39, 0.29) is 16.2 Å². The maximum absolute atomic E-state index is 7.03. The number of benzene rings is 12. The van der Waals surface area contributed by atoms with Crippen molar-refractivity contribution in [2.45, 2.75) is 84.5 Å². The molecular formula is C81H66N2O2. The largest absolute Gasteiger partial charge is 0.454 e. The Morgan fingerprint density at radius 1 is 0.353 bits per heavy atom. The fraction of sp³-hybridized carbons (Fsp3) is 0.160. The molecule has 14 aromatic rings. The fourth-order valence-electron chi connectivity index (χ4n) is 14.4. The maximum Gasteiger partial charge on any atom is 0.159 e. The van der Waals surface area contributed by atoms with Gasteiger partial charge in [0.25, 0.3) is 0 Å². The summed E-state index contributed by atoms with van der Waals surface area (Å²) >= 11 is 0. The van der Waals surface area contributed by atoms with Crippen LogP contribution in [0.4, 0.5) is 34.1 Å². The highest BCUT2D eigenvalue weighted by Gasteiger charge is 2.38. The van der Waals surface area contributed by atoms with Crippen molar-refractivity contribution < 1.29 is 8.83 Å². The average Bonchev–Trinajstić information content (AvgIpc) is 1.70. The smallest absolute Gasteiger partial charge is 0.159 e. The average molecular weight is 1100 g/mol. The highest BCUT2D eigenvalue weighted by molar-refractivity contribution is 6.13. The molecule has 0 spiro atoms. The van der Waals surface area contributed by atoms with Crippen LogP contribution in [0, 0.1) is 0 Å². The van der Waals surface area contributed by atoms with Gasteiger partial charge in [-0.05, 0) is 209 Å². The van der Waals surface area contributed by atoms with Crippen molar-refractivity contribution in [3.63, 3.8) is 0 Å². The van der Waals surface area contributed by atoms with Gasteiger partial charge >= 0.3 is 0 Å². The molecular weight excluding hydrogens is 1030 g/mol. The van der Waals surface area contributed by atoms with Crippen LogP contribution in [0.3, 0.4) is 0 Å². The van der Waals surface area contributed by atoms with Crippen molar-refractivity contribution in [3.05, 3.63) is 264 Å². The molecule has 16 rings (SSSR count). The van der Waals surface area contributed by atoms with Crippen LogP contribution in [-0.4, -0.2) is 0 Å². The Bertz CT molecular complexity index is 5080. The third kappa shape index (κ3) is 7.87. The summed E-state index contributed by atoms with van der Waals surface area (Å²) < 4.78 is 13.8. The molecule has 0 radical (unpaired) electrons. The van der Waals surface area contributed by atoms with Crippen molar-refractivity contribution in [3.8, 4) is 33.4 Å². The molecule has 0 unspecified atom stereocenters. The van der Waals surface area contributed by atoms with Gasteiger partial charge in [-0.25, -0.2) is 0 Å². The monoisotopic (exact) mass is 1100 g/mol. The van der Waals surface area contributed by atoms with E-state index in [1.54, 1.807) is 0 Å². The molecule has 0 bridgehead atoms. The molecule has 0 fully saturated rings. The highest BCUT2D eigenvalue weighted by atomic mass is 16.3. The molecule has 0 saturated carbocycles. The number of fused-ring (bicyclic) bond motifs is 14. The van der Waals surface area contributed by atoms with E-state index in [0.29, 0.717) is 5.92 Å². The Balaban J connectivity index is 0.767. The maximum atomic E-state index is 7.03. The summed E-state index contributed by atoms with van der Waals surface area (Å²) in [5.74, 6) is 0.421. The Labute approximate surface area is 497 Å². The second-order valence-corrected chi connectivity index (χ2v) is 26.3. The fourth-order valence-corrected chi connectivity index (χ4v) is 14.4. The molecule has 85 heavy (non-hydrogen) atoms. The molecule has 0 aliphatic heterocycles. The molecule has 2 aliphatic carbocycles. The van der Waals surface area contributed by atoms with Crippen molar-refractivity contribution >= 4 is 99.5 Å². The molecule has 0 atom stereocenters. The van der Waals surface area contributed by atoms with Crippen molar-refractivity contribution in [2.24, 2.45) is 0 Å². The van der Waals surface area contributed by atoms with Crippen molar-refractivity contribution in [1.82, 2.24) is 0 Å². The quantitative estimate of drug-likeness (QED) is 0.152. The zero-order valence-electron chi connectivity index (χ0n) is 49.7. The molecule has 4 nitrogen and oxygen atoms in total. The standard InChI is InChI=1S/C81H66N2O2/c1-48(2)49-26-31-57(32-27-49)82(59-35-37-61-66-41-50-16-10-11-17-51(50)44-69(66)80(6,7)71(61)46-59)74-22-15-20-65-68-43-53(28-39-76(68)85-78(65)74)52-24-25-54-42-67-62-38-36-60(47-72(62)81(8,9)70(67)45-55(54)40-52)83(58-33-29-56(30-34-58)79(3,4)5)73-21-14-19-64-63-18-12-13-23-75(63)84-77(64)73/h10-48H,1-9H3. The summed E-state index contributed by atoms with van der Waals surface area (Å²) in [6.45, 7) is 20.9. The summed E-state index contributed by atoms with van der Waals surface area (Å²) in [5.41, 5.74) is 24.9. The van der Waals surface area contributed by atoms with Gasteiger partial charge in [-0.1, -0.05) is 184 Å². The SMILES string of the molecule is CC(C)c1ccc(N(c2ccc3c(c2)C(C)(C)c2cc4ccccc4cc2-3)c2cccc3c2oc2ccc(-c4ccc5cc6c(cc5c4)C(C)(C)c4cc(N(c5ccc(C(C)(C)C)cc5)c5cccc7c5oc5ccccc57)ccc4-6)cc23)cc1. The first-order valence-corrected chi connectivity index (χ1v) is 30.1. The van der Waals surface area contributed by atoms with Gasteiger partial charge in [-0.3, -0.25) is 0 Å². The van der Waals surface area contributed by atoms with Crippen LogP contribution in [0.15, 0.2) is 239 Å². The van der Waals surface area contributed by atoms with Crippen LogP contribution in [0.25, 0.3) is 98.8 Å². The molecule has 2 heterocycles. The van der Waals surface area contributed by atoms with Crippen LogP contribution in [-0.2, 0) is 16.2 Å². The van der Waals surface area contributed by atoms with Crippen LogP contribution in [0.2, 0.25) is 0 Å². The van der Waals surface area contributed by atoms with Gasteiger partial charge < -0.3 is 18.6 Å². The number of hydrogen-bond donors (Lipinski definition) is 0. The zero-order valence-corrected chi connectivity index (χ0v) is 49.7. The second-order valence-electron chi connectivity index (χ2n) is 26.3. The predicted molar refractivity (Wildman–Crippen MR) is 359 cm³/mol. The van der Waals surface area contributed by atoms with Gasteiger partial charge in [0.1, 0.15) is 11.2 Å². The summed E-state index contributed by atoms with van der Waals surface area (Å²) in [5, 5.41) is 9.41. The molecule has 0 N–H and O–H groups in total. The van der Waals surface area contributed by atoms with E-state index in [1.807, 2.05) is 6.07 Å². The van der Waals surface area contributed by atoms with E-state index < -0.39 is 0 Å². The third-order valence-corrected chi connectivity index (χ3v) is 19.1. The summed E-state index contributed by atoms with van der Waals surface area (Å²) in [4.78, 5) is 4.79. The Morgan fingerprint density at radius 3 is 1.40 bits per heavy atom. The molecule has 0 saturated heterocycles. The van der Waals surface area contributed by atoms with Gasteiger partial charge in [0, 0.05) is 55.1 Å². The van der Waals surface area contributed by atoms with Crippen LogP contribution >= 0.6 is 0 Å². The molecule has 2 aromatic heterocycles. The van der Waals surface area contributed by atoms with E-state index in [0.717, 1.165) is 83.6 Å². The molecule has 4 heteroatoms. The lowest BCUT2D eigenvalue weighted by molar-refractivity contribution is 0.590. The van der Waals surface area contributed by atoms with Crippen LogP contribution in [0.1, 0.15) is 102 Å². The third-order valence-electron chi connectivity index (χ3n) is 19.1. The molecule has 2 aliphatic rings. The minimum absolute atomic E-state index is 0.0292. The Morgan fingerprint density at radius 2 is 0.812 bits per heavy atom. The van der Waals surface area contributed by atoms with E-state index in [1.165, 1.54) is 82.7 Å². The Hall–Kier alpha value is -9.64. The van der Waals surface area contributed by atoms with E-state index in [9.17, 15) is 0 Å². The highest BCUT2D eigenvalue weighted by Crippen LogP contribution is 2.55. The minimum Gasteiger partial charge on any atom is -0.454 e. The first-order valence-electron chi connectivity index (χ1n) is 30.1. The molecule has 0 amide bonds. The second kappa shape index (κ2) is 18.4. The topological polar surface area (TPSA) is 32.8 Å². The number of para-hydroxylation sites is 3. The lowest BCUT2D eigenvalue weighted by atomic mass is 9.81. The van der Waals surface area contributed by atoms with Crippen LogP contribution < -0.4 is 9.80 Å². The lowest BCUT2D eigenvalue weighted by Gasteiger charge is -2.29.